The Kier molecular flexibility index (Phi) is 5.46. The first-order valence-electron chi connectivity index (χ1n) is 9.81. The van der Waals surface area contributed by atoms with Crippen LogP contribution in [-0.4, -0.2) is 34.2 Å². The van der Waals surface area contributed by atoms with Gasteiger partial charge in [0.1, 0.15) is 7.85 Å². The molecular weight excluding hydrogens is 480 g/mol. The first-order chi connectivity index (χ1) is 16.2. The van der Waals surface area contributed by atoms with Gasteiger partial charge in [-0.25, -0.2) is 36.9 Å². The van der Waals surface area contributed by atoms with E-state index in [0.717, 1.165) is 10.4 Å². The van der Waals surface area contributed by atoms with Crippen molar-refractivity contribution in [1.82, 2.24) is 19.5 Å². The Bertz CT molecular complexity index is 1390. The summed E-state index contributed by atoms with van der Waals surface area (Å²) in [6, 6.07) is 3.62. The third kappa shape index (κ3) is 3.67. The first kappa shape index (κ1) is 22.3. The van der Waals surface area contributed by atoms with Crippen LogP contribution in [0.2, 0.25) is 0 Å². The van der Waals surface area contributed by atoms with E-state index in [0.29, 0.717) is 16.7 Å². The van der Waals surface area contributed by atoms with Crippen molar-refractivity contribution in [3.8, 4) is 23.0 Å². The molecular formula is C20H13BF5N5O2S. The molecule has 0 radical (unpaired) electrons. The molecule has 0 amide bonds. The van der Waals surface area contributed by atoms with E-state index >= 15 is 0 Å². The maximum Gasteiger partial charge on any atom is 0.231 e. The number of halogens is 5. The number of imidazole rings is 1. The fraction of sp³-hybridized carbons (Fsp3) is 0.150. The van der Waals surface area contributed by atoms with Gasteiger partial charge in [-0.05, 0) is 18.6 Å². The van der Waals surface area contributed by atoms with Crippen molar-refractivity contribution in [3.63, 3.8) is 0 Å². The molecule has 7 nitrogen and oxygen atoms in total. The molecule has 0 atom stereocenters. The zero-order chi connectivity index (χ0) is 24.1. The molecule has 2 aromatic rings. The molecule has 14 heteroatoms. The van der Waals surface area contributed by atoms with Crippen LogP contribution in [0.1, 0.15) is 5.56 Å². The van der Waals surface area contributed by atoms with E-state index in [1.807, 2.05) is 13.9 Å². The Morgan fingerprint density at radius 3 is 2.32 bits per heavy atom. The smallest absolute Gasteiger partial charge is 0.231 e. The normalized spacial score (nSPS) is 12.6. The van der Waals surface area contributed by atoms with E-state index in [-0.39, 0.29) is 30.7 Å². The Morgan fingerprint density at radius 1 is 0.971 bits per heavy atom. The summed E-state index contributed by atoms with van der Waals surface area (Å²) < 4.78 is 80.6. The molecule has 0 bridgehead atoms. The summed E-state index contributed by atoms with van der Waals surface area (Å²) in [5.74, 6) is -8.40. The van der Waals surface area contributed by atoms with Crippen LogP contribution in [0, 0.1) is 29.1 Å². The third-order valence-electron chi connectivity index (χ3n) is 5.25. The van der Waals surface area contributed by atoms with Crippen molar-refractivity contribution >= 4 is 30.9 Å². The lowest BCUT2D eigenvalue weighted by atomic mass is 9.96. The molecule has 34 heavy (non-hydrogen) atoms. The third-order valence-corrected chi connectivity index (χ3v) is 6.27. The number of nitrogens with zero attached hydrogens (tertiary/aromatic N) is 4. The number of benzene rings is 2. The zero-order valence-corrected chi connectivity index (χ0v) is 18.2. The minimum absolute atomic E-state index is 0.0734. The highest BCUT2D eigenvalue weighted by atomic mass is 32.2. The Labute approximate surface area is 193 Å². The van der Waals surface area contributed by atoms with Gasteiger partial charge in [0.25, 0.3) is 0 Å². The van der Waals surface area contributed by atoms with Crippen LogP contribution >= 0.6 is 11.8 Å². The Balaban J connectivity index is 1.45. The number of ether oxygens (including phenoxy) is 2. The molecule has 3 aliphatic rings. The van der Waals surface area contributed by atoms with Crippen molar-refractivity contribution in [1.29, 1.82) is 0 Å². The van der Waals surface area contributed by atoms with Gasteiger partial charge in [-0.15, -0.1) is 0 Å². The van der Waals surface area contributed by atoms with E-state index < -0.39 is 41.1 Å². The van der Waals surface area contributed by atoms with Crippen molar-refractivity contribution in [2.45, 2.75) is 23.0 Å². The van der Waals surface area contributed by atoms with Crippen LogP contribution in [0.4, 0.5) is 27.8 Å². The fourth-order valence-electron chi connectivity index (χ4n) is 3.48. The number of aromatic nitrogens is 4. The van der Waals surface area contributed by atoms with Gasteiger partial charge < -0.3 is 19.8 Å². The predicted octanol–water partition coefficient (Wildman–Crippen LogP) is 2.44. The van der Waals surface area contributed by atoms with Crippen LogP contribution in [0.15, 0.2) is 28.5 Å². The Hall–Kier alpha value is -3.55. The molecule has 0 saturated carbocycles. The van der Waals surface area contributed by atoms with E-state index in [9.17, 15) is 22.0 Å². The van der Waals surface area contributed by atoms with Gasteiger partial charge in [-0.1, -0.05) is 17.2 Å². The minimum atomic E-state index is -2.20. The summed E-state index contributed by atoms with van der Waals surface area (Å²) in [5, 5.41) is 0.321. The summed E-state index contributed by atoms with van der Waals surface area (Å²) in [6.45, 7) is -0.0567. The highest BCUT2D eigenvalue weighted by molar-refractivity contribution is 7.99. The summed E-state index contributed by atoms with van der Waals surface area (Å²) in [6.07, 6.45) is 0.756. The average Bonchev–Trinajstić information content (AvgIpc) is 3.45. The molecule has 2 N–H and O–H groups in total. The van der Waals surface area contributed by atoms with Gasteiger partial charge in [0.2, 0.25) is 12.6 Å². The number of nitrogen functional groups attached to an aromatic ring is 1. The molecule has 174 valence electrons. The van der Waals surface area contributed by atoms with Crippen molar-refractivity contribution < 1.29 is 31.4 Å². The Morgan fingerprint density at radius 2 is 1.62 bits per heavy atom. The second-order valence-electron chi connectivity index (χ2n) is 7.37. The molecule has 3 aliphatic heterocycles. The molecule has 5 rings (SSSR count). The molecule has 3 heterocycles. The molecule has 0 unspecified atom stereocenters. The van der Waals surface area contributed by atoms with Gasteiger partial charge in [-0.3, -0.25) is 0 Å². The van der Waals surface area contributed by atoms with Crippen LogP contribution in [0.25, 0.3) is 11.5 Å². The quantitative estimate of drug-likeness (QED) is 0.198. The first-order valence-corrected chi connectivity index (χ1v) is 10.6. The highest BCUT2D eigenvalue weighted by Gasteiger charge is 2.26. The van der Waals surface area contributed by atoms with Gasteiger partial charge in [-0.2, -0.15) is 0 Å². The molecule has 0 saturated heterocycles. The summed E-state index contributed by atoms with van der Waals surface area (Å²) in [7, 11) is 1.88. The topological polar surface area (TPSA) is 88.1 Å². The second-order valence-corrected chi connectivity index (χ2v) is 8.38. The SMILES string of the molecule is Bc1cc2c(cc1Sc1nc3c(N)ncn(CCc4c(F)c(F)c(F)c(F)c4F)c-3n1)OCO2. The number of rotatable bonds is 5. The highest BCUT2D eigenvalue weighted by Crippen LogP contribution is 2.37. The monoisotopic (exact) mass is 493 g/mol. The molecule has 0 aliphatic carbocycles. The average molecular weight is 493 g/mol. The second kappa shape index (κ2) is 8.35. The van der Waals surface area contributed by atoms with Crippen molar-refractivity contribution in [2.24, 2.45) is 0 Å². The number of anilines is 1. The maximum atomic E-state index is 14.0. The minimum Gasteiger partial charge on any atom is -0.454 e. The van der Waals surface area contributed by atoms with Gasteiger partial charge in [0, 0.05) is 17.0 Å². The number of fused-ring (bicyclic) bond motifs is 2. The summed E-state index contributed by atoms with van der Waals surface area (Å²) in [4.78, 5) is 13.6. The lowest BCUT2D eigenvalue weighted by molar-refractivity contribution is 0.174. The standard InChI is InChI=1S/C20H13BF5N5O2S/c21-8-3-9-10(33-6-32-9)4-11(8)34-20-29-17-18(27)28-5-31(19(17)30-20)2-1-7-12(22)14(24)16(26)15(25)13(7)23/h3-5H,1-2,6,21,27H2. The number of aryl methyl sites for hydroxylation is 1. The van der Waals surface area contributed by atoms with E-state index in [1.54, 1.807) is 6.07 Å². The number of hydrogen-bond donors (Lipinski definition) is 1. The summed E-state index contributed by atoms with van der Waals surface area (Å²) >= 11 is 1.23. The van der Waals surface area contributed by atoms with E-state index in [4.69, 9.17) is 15.2 Å². The molecule has 0 fully saturated rings. The predicted molar refractivity (Wildman–Crippen MR) is 114 cm³/mol. The van der Waals surface area contributed by atoms with Crippen LogP contribution in [0.5, 0.6) is 11.5 Å². The molecule has 0 spiro atoms. The lowest BCUT2D eigenvalue weighted by Gasteiger charge is -2.12. The largest absolute Gasteiger partial charge is 0.454 e. The van der Waals surface area contributed by atoms with Gasteiger partial charge >= 0.3 is 0 Å². The fourth-order valence-corrected chi connectivity index (χ4v) is 4.33. The van der Waals surface area contributed by atoms with Crippen LogP contribution in [0.3, 0.4) is 0 Å². The number of nitrogens with two attached hydrogens (primary N) is 1. The molecule has 0 aromatic heterocycles. The zero-order valence-electron chi connectivity index (χ0n) is 17.3. The van der Waals surface area contributed by atoms with E-state index in [2.05, 4.69) is 15.0 Å². The van der Waals surface area contributed by atoms with Crippen molar-refractivity contribution in [2.75, 3.05) is 12.5 Å². The number of hydrogen-bond acceptors (Lipinski definition) is 7. The van der Waals surface area contributed by atoms with Crippen molar-refractivity contribution in [3.05, 3.63) is 53.1 Å². The molecule has 2 aromatic carbocycles. The maximum absolute atomic E-state index is 14.0. The van der Waals surface area contributed by atoms with E-state index in [1.165, 1.54) is 22.7 Å². The van der Waals surface area contributed by atoms with Crippen LogP contribution < -0.4 is 20.7 Å². The lowest BCUT2D eigenvalue weighted by Crippen LogP contribution is -2.13. The summed E-state index contributed by atoms with van der Waals surface area (Å²) in [5.41, 5.74) is 6.12. The van der Waals surface area contributed by atoms with Gasteiger partial charge in [0.15, 0.2) is 57.3 Å². The van der Waals surface area contributed by atoms with Gasteiger partial charge in [0.05, 0.1) is 6.33 Å². The van der Waals surface area contributed by atoms with Crippen LogP contribution in [-0.2, 0) is 13.0 Å².